The van der Waals surface area contributed by atoms with Gasteiger partial charge in [-0.3, -0.25) is 11.3 Å². The highest BCUT2D eigenvalue weighted by Gasteiger charge is 2.16. The number of nitrogens with zero attached hydrogens (tertiary/aromatic N) is 1. The van der Waals surface area contributed by atoms with Gasteiger partial charge < -0.3 is 4.90 Å². The van der Waals surface area contributed by atoms with Gasteiger partial charge in [0.2, 0.25) is 0 Å². The van der Waals surface area contributed by atoms with E-state index in [-0.39, 0.29) is 11.6 Å². The van der Waals surface area contributed by atoms with E-state index in [0.29, 0.717) is 6.42 Å². The lowest BCUT2D eigenvalue weighted by molar-refractivity contribution is 0.356. The van der Waals surface area contributed by atoms with Crippen LogP contribution in [0.3, 0.4) is 0 Å². The summed E-state index contributed by atoms with van der Waals surface area (Å²) < 4.78 is 26.5. The van der Waals surface area contributed by atoms with Crippen molar-refractivity contribution in [1.82, 2.24) is 10.3 Å². The maximum Gasteiger partial charge on any atom is 0.163 e. The first-order chi connectivity index (χ1) is 7.56. The first-order valence-corrected chi connectivity index (χ1v) is 5.11. The van der Waals surface area contributed by atoms with E-state index in [2.05, 4.69) is 5.43 Å². The molecule has 0 aliphatic carbocycles. The van der Waals surface area contributed by atoms with E-state index >= 15 is 0 Å². The van der Waals surface area contributed by atoms with Crippen molar-refractivity contribution in [2.75, 3.05) is 20.6 Å². The fourth-order valence-corrected chi connectivity index (χ4v) is 1.51. The molecule has 1 unspecified atom stereocenters. The monoisotopic (exact) mass is 229 g/mol. The molecular formula is C11H17F2N3. The first-order valence-electron chi connectivity index (χ1n) is 5.11. The largest absolute Gasteiger partial charge is 0.309 e. The quantitative estimate of drug-likeness (QED) is 0.592. The van der Waals surface area contributed by atoms with Gasteiger partial charge in [-0.2, -0.15) is 0 Å². The van der Waals surface area contributed by atoms with E-state index in [1.165, 1.54) is 6.07 Å². The molecule has 3 nitrogen and oxygen atoms in total. The molecule has 5 heteroatoms. The smallest absolute Gasteiger partial charge is 0.163 e. The molecular weight excluding hydrogens is 212 g/mol. The molecule has 0 heterocycles. The number of hydrogen-bond donors (Lipinski definition) is 2. The SMILES string of the molecule is CN(C)CCC(NN)c1cccc(F)c1F. The zero-order valence-electron chi connectivity index (χ0n) is 9.50. The molecule has 0 saturated carbocycles. The van der Waals surface area contributed by atoms with Gasteiger partial charge in [0.25, 0.3) is 0 Å². The van der Waals surface area contributed by atoms with Gasteiger partial charge in [0.05, 0.1) is 6.04 Å². The molecule has 90 valence electrons. The van der Waals surface area contributed by atoms with Crippen LogP contribution in [0, 0.1) is 11.6 Å². The number of nitrogens with one attached hydrogen (secondary N) is 1. The molecule has 0 aliphatic rings. The van der Waals surface area contributed by atoms with Crippen molar-refractivity contribution in [3.8, 4) is 0 Å². The maximum absolute atomic E-state index is 13.5. The van der Waals surface area contributed by atoms with Gasteiger partial charge in [-0.1, -0.05) is 12.1 Å². The van der Waals surface area contributed by atoms with Crippen LogP contribution in [0.5, 0.6) is 0 Å². The van der Waals surface area contributed by atoms with Crippen molar-refractivity contribution >= 4 is 0 Å². The second-order valence-corrected chi connectivity index (χ2v) is 3.95. The zero-order chi connectivity index (χ0) is 12.1. The lowest BCUT2D eigenvalue weighted by atomic mass is 10.0. The third kappa shape index (κ3) is 3.23. The highest BCUT2D eigenvalue weighted by atomic mass is 19.2. The third-order valence-electron chi connectivity index (χ3n) is 2.42. The Kier molecular flexibility index (Phi) is 4.79. The van der Waals surface area contributed by atoms with Crippen molar-refractivity contribution in [3.63, 3.8) is 0 Å². The molecule has 3 N–H and O–H groups in total. The normalized spacial score (nSPS) is 13.1. The van der Waals surface area contributed by atoms with Gasteiger partial charge in [-0.25, -0.2) is 8.78 Å². The molecule has 0 spiro atoms. The number of hydrazine groups is 1. The first kappa shape index (κ1) is 13.0. The van der Waals surface area contributed by atoms with Crippen LogP contribution in [-0.2, 0) is 0 Å². The summed E-state index contributed by atoms with van der Waals surface area (Å²) in [6, 6.07) is 3.74. The van der Waals surface area contributed by atoms with E-state index in [1.807, 2.05) is 19.0 Å². The molecule has 1 aromatic carbocycles. The van der Waals surface area contributed by atoms with Crippen LogP contribution in [0.2, 0.25) is 0 Å². The Morgan fingerprint density at radius 1 is 1.38 bits per heavy atom. The summed E-state index contributed by atoms with van der Waals surface area (Å²) in [5.41, 5.74) is 2.78. The van der Waals surface area contributed by atoms with Gasteiger partial charge in [-0.15, -0.1) is 0 Å². The zero-order valence-corrected chi connectivity index (χ0v) is 9.50. The third-order valence-corrected chi connectivity index (χ3v) is 2.42. The van der Waals surface area contributed by atoms with Crippen LogP contribution >= 0.6 is 0 Å². The fourth-order valence-electron chi connectivity index (χ4n) is 1.51. The molecule has 1 rings (SSSR count). The average molecular weight is 229 g/mol. The maximum atomic E-state index is 13.5. The number of halogens is 2. The Morgan fingerprint density at radius 2 is 2.06 bits per heavy atom. The van der Waals surface area contributed by atoms with E-state index in [1.54, 1.807) is 6.07 Å². The highest BCUT2D eigenvalue weighted by molar-refractivity contribution is 5.22. The molecule has 1 aromatic rings. The number of hydrogen-bond acceptors (Lipinski definition) is 3. The minimum Gasteiger partial charge on any atom is -0.309 e. The summed E-state index contributed by atoms with van der Waals surface area (Å²) in [5, 5.41) is 0. The molecule has 0 aliphatic heterocycles. The van der Waals surface area contributed by atoms with Crippen molar-refractivity contribution in [2.24, 2.45) is 5.84 Å². The van der Waals surface area contributed by atoms with Gasteiger partial charge in [0, 0.05) is 5.56 Å². The van der Waals surface area contributed by atoms with Gasteiger partial charge in [-0.05, 0) is 33.1 Å². The second kappa shape index (κ2) is 5.89. The summed E-state index contributed by atoms with van der Waals surface area (Å²) in [7, 11) is 3.82. The Hall–Kier alpha value is -1.04. The fraction of sp³-hybridized carbons (Fsp3) is 0.455. The molecule has 0 amide bonds. The summed E-state index contributed by atoms with van der Waals surface area (Å²) in [6.45, 7) is 0.741. The van der Waals surface area contributed by atoms with Crippen LogP contribution in [0.25, 0.3) is 0 Å². The summed E-state index contributed by atoms with van der Waals surface area (Å²) in [6.07, 6.45) is 0.615. The molecule has 0 bridgehead atoms. The van der Waals surface area contributed by atoms with E-state index in [0.717, 1.165) is 12.6 Å². The van der Waals surface area contributed by atoms with Crippen molar-refractivity contribution in [1.29, 1.82) is 0 Å². The van der Waals surface area contributed by atoms with Crippen molar-refractivity contribution in [3.05, 3.63) is 35.4 Å². The second-order valence-electron chi connectivity index (χ2n) is 3.95. The van der Waals surface area contributed by atoms with Crippen LogP contribution in [0.1, 0.15) is 18.0 Å². The topological polar surface area (TPSA) is 41.3 Å². The predicted molar refractivity (Wildman–Crippen MR) is 59.6 cm³/mol. The average Bonchev–Trinajstić information content (AvgIpc) is 2.24. The summed E-state index contributed by atoms with van der Waals surface area (Å²) >= 11 is 0. The van der Waals surface area contributed by atoms with E-state index in [4.69, 9.17) is 5.84 Å². The Balaban J connectivity index is 2.82. The van der Waals surface area contributed by atoms with E-state index < -0.39 is 11.6 Å². The number of benzene rings is 1. The number of rotatable bonds is 5. The molecule has 0 aromatic heterocycles. The van der Waals surface area contributed by atoms with Crippen LogP contribution in [0.15, 0.2) is 18.2 Å². The molecule has 0 fully saturated rings. The lowest BCUT2D eigenvalue weighted by Crippen LogP contribution is -2.31. The van der Waals surface area contributed by atoms with Crippen LogP contribution in [-0.4, -0.2) is 25.5 Å². The van der Waals surface area contributed by atoms with Gasteiger partial charge >= 0.3 is 0 Å². The Morgan fingerprint density at radius 3 is 2.62 bits per heavy atom. The van der Waals surface area contributed by atoms with Crippen LogP contribution in [0.4, 0.5) is 8.78 Å². The van der Waals surface area contributed by atoms with Gasteiger partial charge in [0.15, 0.2) is 11.6 Å². The Labute approximate surface area is 94.2 Å². The van der Waals surface area contributed by atoms with Gasteiger partial charge in [0.1, 0.15) is 0 Å². The van der Waals surface area contributed by atoms with Crippen LogP contribution < -0.4 is 11.3 Å². The minimum absolute atomic E-state index is 0.268. The minimum atomic E-state index is -0.845. The molecule has 16 heavy (non-hydrogen) atoms. The van der Waals surface area contributed by atoms with Crippen molar-refractivity contribution < 1.29 is 8.78 Å². The molecule has 0 radical (unpaired) electrons. The molecule has 0 saturated heterocycles. The number of nitrogens with two attached hydrogens (primary N) is 1. The summed E-state index contributed by atoms with van der Waals surface area (Å²) in [4.78, 5) is 1.96. The standard InChI is InChI=1S/C11H17F2N3/c1-16(2)7-6-10(15-14)8-4-3-5-9(12)11(8)13/h3-5,10,15H,6-7,14H2,1-2H3. The molecule has 1 atom stereocenters. The lowest BCUT2D eigenvalue weighted by Gasteiger charge is -2.19. The summed E-state index contributed by atoms with van der Waals surface area (Å²) in [5.74, 6) is 3.68. The highest BCUT2D eigenvalue weighted by Crippen LogP contribution is 2.21. The van der Waals surface area contributed by atoms with Crippen molar-refractivity contribution in [2.45, 2.75) is 12.5 Å². The Bertz CT molecular complexity index is 342. The van der Waals surface area contributed by atoms with E-state index in [9.17, 15) is 8.78 Å². The predicted octanol–water partition coefficient (Wildman–Crippen LogP) is 1.42.